The van der Waals surface area contributed by atoms with Crippen molar-refractivity contribution in [3.8, 4) is 0 Å². The smallest absolute Gasteiger partial charge is 0.303 e. The summed E-state index contributed by atoms with van der Waals surface area (Å²) in [7, 11) is 0. The van der Waals surface area contributed by atoms with Crippen LogP contribution in [0, 0.1) is 11.3 Å². The summed E-state index contributed by atoms with van der Waals surface area (Å²) in [6, 6.07) is 0. The maximum absolute atomic E-state index is 12.5. The molecule has 2 aliphatic rings. The number of alkyl halides is 2. The van der Waals surface area contributed by atoms with Crippen LogP contribution >= 0.6 is 0 Å². The van der Waals surface area contributed by atoms with Crippen LogP contribution in [0.15, 0.2) is 0 Å². The minimum Gasteiger partial charge on any atom is -0.481 e. The fourth-order valence-corrected chi connectivity index (χ4v) is 2.89. The lowest BCUT2D eigenvalue weighted by Gasteiger charge is -2.57. The molecule has 0 unspecified atom stereocenters. The first-order valence-corrected chi connectivity index (χ1v) is 4.51. The highest BCUT2D eigenvalue weighted by molar-refractivity contribution is 5.67. The first kappa shape index (κ1) is 8.91. The maximum atomic E-state index is 12.5. The van der Waals surface area contributed by atoms with E-state index in [9.17, 15) is 13.6 Å². The zero-order valence-corrected chi connectivity index (χ0v) is 7.22. The van der Waals surface area contributed by atoms with Crippen LogP contribution in [0.2, 0.25) is 0 Å². The molecule has 2 fully saturated rings. The predicted octanol–water partition coefficient (Wildman–Crippen LogP) is 2.29. The lowest BCUT2D eigenvalue weighted by molar-refractivity contribution is -0.208. The molecule has 13 heavy (non-hydrogen) atoms. The molecule has 2 nitrogen and oxygen atoms in total. The monoisotopic (exact) mass is 190 g/mol. The summed E-state index contributed by atoms with van der Waals surface area (Å²) in [4.78, 5) is 10.3. The van der Waals surface area contributed by atoms with Crippen molar-refractivity contribution in [3.63, 3.8) is 0 Å². The van der Waals surface area contributed by atoms with Crippen LogP contribution in [0.1, 0.15) is 32.1 Å². The molecule has 74 valence electrons. The summed E-state index contributed by atoms with van der Waals surface area (Å²) in [5.41, 5.74) is -0.177. The van der Waals surface area contributed by atoms with Gasteiger partial charge in [-0.05, 0) is 24.2 Å². The van der Waals surface area contributed by atoms with E-state index in [1.807, 2.05) is 0 Å². The third-order valence-electron chi connectivity index (χ3n) is 3.17. The van der Waals surface area contributed by atoms with Crippen molar-refractivity contribution in [2.75, 3.05) is 0 Å². The second-order valence-electron chi connectivity index (χ2n) is 4.58. The maximum Gasteiger partial charge on any atom is 0.303 e. The van der Waals surface area contributed by atoms with E-state index in [2.05, 4.69) is 0 Å². The lowest BCUT2D eigenvalue weighted by Crippen LogP contribution is -2.53. The van der Waals surface area contributed by atoms with Gasteiger partial charge in [0, 0.05) is 19.3 Å². The average molecular weight is 190 g/mol. The molecule has 0 amide bonds. The van der Waals surface area contributed by atoms with E-state index in [0.29, 0.717) is 12.8 Å². The van der Waals surface area contributed by atoms with E-state index in [1.165, 1.54) is 0 Å². The predicted molar refractivity (Wildman–Crippen MR) is 41.6 cm³/mol. The third kappa shape index (κ3) is 1.54. The molecular formula is C9H12F2O2. The molecule has 0 radical (unpaired) electrons. The summed E-state index contributed by atoms with van der Waals surface area (Å²) >= 11 is 0. The number of carboxylic acids is 1. The van der Waals surface area contributed by atoms with Gasteiger partial charge >= 0.3 is 5.97 Å². The zero-order chi connectivity index (χ0) is 9.69. The highest BCUT2D eigenvalue weighted by Crippen LogP contribution is 2.65. The Morgan fingerprint density at radius 3 is 2.31 bits per heavy atom. The lowest BCUT2D eigenvalue weighted by atomic mass is 9.50. The zero-order valence-electron chi connectivity index (χ0n) is 7.22. The van der Waals surface area contributed by atoms with E-state index in [1.54, 1.807) is 0 Å². The van der Waals surface area contributed by atoms with Gasteiger partial charge in [0.25, 0.3) is 0 Å². The van der Waals surface area contributed by atoms with Crippen LogP contribution in [-0.4, -0.2) is 17.0 Å². The highest BCUT2D eigenvalue weighted by Gasteiger charge is 2.61. The number of hydrogen-bond acceptors (Lipinski definition) is 1. The average Bonchev–Trinajstić information content (AvgIpc) is 1.77. The first-order chi connectivity index (χ1) is 5.91. The molecule has 2 saturated carbocycles. The normalized spacial score (nSPS) is 29.4. The van der Waals surface area contributed by atoms with Crippen molar-refractivity contribution < 1.29 is 18.7 Å². The van der Waals surface area contributed by atoms with Crippen LogP contribution in [-0.2, 0) is 4.79 Å². The van der Waals surface area contributed by atoms with Crippen LogP contribution in [0.4, 0.5) is 8.78 Å². The molecule has 4 heteroatoms. The fourth-order valence-electron chi connectivity index (χ4n) is 2.89. The van der Waals surface area contributed by atoms with Crippen molar-refractivity contribution in [1.29, 1.82) is 0 Å². The van der Waals surface area contributed by atoms with Crippen molar-refractivity contribution in [1.82, 2.24) is 0 Å². The molecule has 0 aromatic heterocycles. The summed E-state index contributed by atoms with van der Waals surface area (Å²) < 4.78 is 25.1. The van der Waals surface area contributed by atoms with Gasteiger partial charge in [-0.2, -0.15) is 0 Å². The van der Waals surface area contributed by atoms with E-state index < -0.39 is 11.9 Å². The molecule has 0 saturated heterocycles. The second kappa shape index (κ2) is 2.42. The minimum absolute atomic E-state index is 0.0177. The summed E-state index contributed by atoms with van der Waals surface area (Å²) in [5.74, 6) is -3.13. The Hall–Kier alpha value is -0.670. The molecule has 2 rings (SSSR count). The van der Waals surface area contributed by atoms with Gasteiger partial charge < -0.3 is 5.11 Å². The number of halogens is 2. The van der Waals surface area contributed by atoms with E-state index in [4.69, 9.17) is 5.11 Å². The van der Waals surface area contributed by atoms with Gasteiger partial charge in [0.15, 0.2) is 0 Å². The quantitative estimate of drug-likeness (QED) is 0.725. The van der Waals surface area contributed by atoms with Gasteiger partial charge in [0.05, 0.1) is 0 Å². The van der Waals surface area contributed by atoms with E-state index in [0.717, 1.165) is 0 Å². The topological polar surface area (TPSA) is 37.3 Å². The molecule has 1 spiro atoms. The molecule has 0 bridgehead atoms. The third-order valence-corrected chi connectivity index (χ3v) is 3.17. The molecule has 0 aromatic rings. The Morgan fingerprint density at radius 1 is 1.38 bits per heavy atom. The number of rotatable bonds is 2. The Labute approximate surface area is 74.9 Å². The number of carbonyl (C=O) groups is 1. The summed E-state index contributed by atoms with van der Waals surface area (Å²) in [6.07, 6.45) is 1.49. The Kier molecular flexibility index (Phi) is 1.66. The van der Waals surface area contributed by atoms with Crippen LogP contribution < -0.4 is 0 Å². The Balaban J connectivity index is 1.77. The van der Waals surface area contributed by atoms with Crippen molar-refractivity contribution >= 4 is 5.97 Å². The Morgan fingerprint density at radius 2 is 1.92 bits per heavy atom. The van der Waals surface area contributed by atoms with Gasteiger partial charge in [-0.3, -0.25) is 4.79 Å². The summed E-state index contributed by atoms with van der Waals surface area (Å²) in [5, 5.41) is 8.46. The fraction of sp³-hybridized carbons (Fsp3) is 0.889. The molecule has 0 heterocycles. The van der Waals surface area contributed by atoms with Gasteiger partial charge in [-0.15, -0.1) is 0 Å². The largest absolute Gasteiger partial charge is 0.481 e. The van der Waals surface area contributed by atoms with E-state index >= 15 is 0 Å². The molecule has 2 aliphatic carbocycles. The second-order valence-corrected chi connectivity index (χ2v) is 4.58. The molecule has 1 N–H and O–H groups in total. The first-order valence-electron chi connectivity index (χ1n) is 4.51. The number of carboxylic acid groups (broad SMARTS) is 1. The Bertz CT molecular complexity index is 234. The SMILES string of the molecule is O=C(O)CC1CC2(C1)CC(F)(F)C2. The molecular weight excluding hydrogens is 178 g/mol. The number of aliphatic carboxylic acids is 1. The highest BCUT2D eigenvalue weighted by atomic mass is 19.3. The van der Waals surface area contributed by atoms with Crippen molar-refractivity contribution in [2.24, 2.45) is 11.3 Å². The van der Waals surface area contributed by atoms with Gasteiger partial charge in [0.1, 0.15) is 0 Å². The van der Waals surface area contributed by atoms with Crippen molar-refractivity contribution in [3.05, 3.63) is 0 Å². The van der Waals surface area contributed by atoms with Crippen molar-refractivity contribution in [2.45, 2.75) is 38.0 Å². The van der Waals surface area contributed by atoms with Crippen LogP contribution in [0.25, 0.3) is 0 Å². The van der Waals surface area contributed by atoms with Crippen LogP contribution in [0.3, 0.4) is 0 Å². The van der Waals surface area contributed by atoms with Crippen LogP contribution in [0.5, 0.6) is 0 Å². The van der Waals surface area contributed by atoms with Gasteiger partial charge in [-0.1, -0.05) is 0 Å². The van der Waals surface area contributed by atoms with Gasteiger partial charge in [-0.25, -0.2) is 8.78 Å². The number of hydrogen-bond donors (Lipinski definition) is 1. The van der Waals surface area contributed by atoms with E-state index in [-0.39, 0.29) is 30.6 Å². The minimum atomic E-state index is -2.46. The molecule has 0 aromatic carbocycles. The standard InChI is InChI=1S/C9H12F2O2/c10-9(11)4-8(5-9)2-6(3-8)1-7(12)13/h6H,1-5H2,(H,12,13). The molecule has 0 atom stereocenters. The van der Waals surface area contributed by atoms with Gasteiger partial charge in [0.2, 0.25) is 5.92 Å². The molecule has 0 aliphatic heterocycles. The summed E-state index contributed by atoms with van der Waals surface area (Å²) in [6.45, 7) is 0.